The van der Waals surface area contributed by atoms with Crippen molar-refractivity contribution < 1.29 is 14.7 Å². The Kier molecular flexibility index (Phi) is 6.11. The number of carbonyl (C=O) groups is 2. The quantitative estimate of drug-likeness (QED) is 0.613. The Morgan fingerprint density at radius 1 is 1.47 bits per heavy atom. The third kappa shape index (κ3) is 4.77. The summed E-state index contributed by atoms with van der Waals surface area (Å²) < 4.78 is 0. The molecule has 2 atom stereocenters. The van der Waals surface area contributed by atoms with Gasteiger partial charge in [-0.15, -0.1) is 6.42 Å². The Morgan fingerprint density at radius 3 is 2.41 bits per heavy atom. The summed E-state index contributed by atoms with van der Waals surface area (Å²) >= 11 is 0. The van der Waals surface area contributed by atoms with Gasteiger partial charge in [0.25, 0.3) is 0 Å². The molecule has 2 amide bonds. The predicted octanol–water partition coefficient (Wildman–Crippen LogP) is 1.34. The smallest absolute Gasteiger partial charge is 0.329 e. The Hall–Kier alpha value is -1.70. The fourth-order valence-electron chi connectivity index (χ4n) is 1.22. The third-order valence-corrected chi connectivity index (χ3v) is 2.65. The Labute approximate surface area is 102 Å². The van der Waals surface area contributed by atoms with E-state index in [1.807, 2.05) is 6.92 Å². The van der Waals surface area contributed by atoms with E-state index in [0.29, 0.717) is 12.8 Å². The van der Waals surface area contributed by atoms with Crippen LogP contribution in [0.15, 0.2) is 0 Å². The van der Waals surface area contributed by atoms with Crippen LogP contribution in [0.5, 0.6) is 0 Å². The molecule has 0 radical (unpaired) electrons. The van der Waals surface area contributed by atoms with E-state index in [2.05, 4.69) is 16.6 Å². The van der Waals surface area contributed by atoms with Gasteiger partial charge in [0.2, 0.25) is 0 Å². The average molecular weight is 240 g/mol. The van der Waals surface area contributed by atoms with Crippen molar-refractivity contribution in [2.24, 2.45) is 0 Å². The third-order valence-electron chi connectivity index (χ3n) is 2.65. The molecule has 96 valence electrons. The van der Waals surface area contributed by atoms with E-state index < -0.39 is 17.5 Å². The fourth-order valence-corrected chi connectivity index (χ4v) is 1.22. The normalized spacial score (nSPS) is 15.2. The first-order valence-electron chi connectivity index (χ1n) is 5.67. The minimum Gasteiger partial charge on any atom is -0.480 e. The lowest BCUT2D eigenvalue weighted by atomic mass is 10.00. The van der Waals surface area contributed by atoms with E-state index in [9.17, 15) is 9.59 Å². The van der Waals surface area contributed by atoms with Crippen LogP contribution in [0.1, 0.15) is 40.0 Å². The Morgan fingerprint density at radius 2 is 2.06 bits per heavy atom. The van der Waals surface area contributed by atoms with Gasteiger partial charge in [-0.1, -0.05) is 26.2 Å². The van der Waals surface area contributed by atoms with Gasteiger partial charge in [-0.2, -0.15) is 0 Å². The van der Waals surface area contributed by atoms with E-state index in [4.69, 9.17) is 11.5 Å². The van der Waals surface area contributed by atoms with Gasteiger partial charge in [0.1, 0.15) is 5.54 Å². The van der Waals surface area contributed by atoms with Gasteiger partial charge in [-0.25, -0.2) is 9.59 Å². The summed E-state index contributed by atoms with van der Waals surface area (Å²) in [5, 5.41) is 14.0. The molecule has 0 saturated carbocycles. The zero-order valence-corrected chi connectivity index (χ0v) is 10.5. The molecule has 0 bridgehead atoms. The number of carboxylic acids is 1. The van der Waals surface area contributed by atoms with Crippen molar-refractivity contribution in [1.29, 1.82) is 0 Å². The highest BCUT2D eigenvalue weighted by Gasteiger charge is 2.33. The number of carboxylic acid groups (broad SMARTS) is 1. The van der Waals surface area contributed by atoms with Crippen molar-refractivity contribution >= 4 is 12.0 Å². The molecule has 0 aromatic carbocycles. The molecule has 0 aromatic rings. The topological polar surface area (TPSA) is 78.4 Å². The van der Waals surface area contributed by atoms with Crippen molar-refractivity contribution in [1.82, 2.24) is 10.6 Å². The first-order chi connectivity index (χ1) is 7.89. The van der Waals surface area contributed by atoms with Gasteiger partial charge in [0.15, 0.2) is 0 Å². The van der Waals surface area contributed by atoms with Crippen LogP contribution in [-0.2, 0) is 4.79 Å². The molecule has 0 fully saturated rings. The maximum atomic E-state index is 11.6. The van der Waals surface area contributed by atoms with E-state index in [1.165, 1.54) is 6.92 Å². The SMILES string of the molecule is C#CC(CCC)NC(=O)NC(C)(CC)C(=O)O. The molecule has 0 aromatic heterocycles. The van der Waals surface area contributed by atoms with Crippen LogP contribution in [0.4, 0.5) is 4.79 Å². The second-order valence-corrected chi connectivity index (χ2v) is 4.10. The maximum Gasteiger partial charge on any atom is 0.329 e. The lowest BCUT2D eigenvalue weighted by molar-refractivity contribution is -0.143. The second kappa shape index (κ2) is 6.79. The lowest BCUT2D eigenvalue weighted by Gasteiger charge is -2.25. The van der Waals surface area contributed by atoms with Crippen LogP contribution in [0, 0.1) is 12.3 Å². The zero-order valence-electron chi connectivity index (χ0n) is 10.5. The molecule has 17 heavy (non-hydrogen) atoms. The Bertz CT molecular complexity index is 322. The monoisotopic (exact) mass is 240 g/mol. The van der Waals surface area contributed by atoms with E-state index in [0.717, 1.165) is 6.42 Å². The molecular weight excluding hydrogens is 220 g/mol. The number of hydrogen-bond donors (Lipinski definition) is 3. The van der Waals surface area contributed by atoms with Gasteiger partial charge < -0.3 is 15.7 Å². The van der Waals surface area contributed by atoms with Crippen molar-refractivity contribution in [2.75, 3.05) is 0 Å². The lowest BCUT2D eigenvalue weighted by Crippen LogP contribution is -2.56. The summed E-state index contributed by atoms with van der Waals surface area (Å²) in [6, 6.07) is -0.914. The molecule has 0 saturated heterocycles. The van der Waals surface area contributed by atoms with Crippen LogP contribution < -0.4 is 10.6 Å². The van der Waals surface area contributed by atoms with Gasteiger partial charge >= 0.3 is 12.0 Å². The van der Waals surface area contributed by atoms with Crippen molar-refractivity contribution in [3.63, 3.8) is 0 Å². The molecule has 0 spiro atoms. The number of nitrogens with one attached hydrogen (secondary N) is 2. The molecule has 3 N–H and O–H groups in total. The summed E-state index contributed by atoms with van der Waals surface area (Å²) in [4.78, 5) is 22.6. The first-order valence-corrected chi connectivity index (χ1v) is 5.67. The van der Waals surface area contributed by atoms with Crippen LogP contribution in [0.25, 0.3) is 0 Å². The molecule has 0 aliphatic heterocycles. The second-order valence-electron chi connectivity index (χ2n) is 4.10. The summed E-state index contributed by atoms with van der Waals surface area (Å²) in [7, 11) is 0. The maximum absolute atomic E-state index is 11.6. The number of carbonyl (C=O) groups excluding carboxylic acids is 1. The van der Waals surface area contributed by atoms with Gasteiger partial charge in [-0.05, 0) is 19.8 Å². The van der Waals surface area contributed by atoms with Crippen LogP contribution in [0.2, 0.25) is 0 Å². The predicted molar refractivity (Wildman–Crippen MR) is 65.5 cm³/mol. The summed E-state index contributed by atoms with van der Waals surface area (Å²) in [6.45, 7) is 5.11. The highest BCUT2D eigenvalue weighted by Crippen LogP contribution is 2.09. The first kappa shape index (κ1) is 15.3. The minimum absolute atomic E-state index is 0.296. The van der Waals surface area contributed by atoms with Gasteiger partial charge in [-0.3, -0.25) is 0 Å². The van der Waals surface area contributed by atoms with Crippen LogP contribution >= 0.6 is 0 Å². The van der Waals surface area contributed by atoms with Crippen LogP contribution in [-0.4, -0.2) is 28.7 Å². The molecule has 2 unspecified atom stereocenters. The fraction of sp³-hybridized carbons (Fsp3) is 0.667. The summed E-state index contributed by atoms with van der Waals surface area (Å²) in [6.07, 6.45) is 7.06. The standard InChI is InChI=1S/C12H20N2O3/c1-5-8-9(6-2)13-11(17)14-12(4,7-3)10(15)16/h2,9H,5,7-8H2,1,3-4H3,(H,15,16)(H2,13,14,17). The minimum atomic E-state index is -1.27. The molecule has 5 nitrogen and oxygen atoms in total. The van der Waals surface area contributed by atoms with Crippen molar-refractivity contribution in [3.8, 4) is 12.3 Å². The summed E-state index contributed by atoms with van der Waals surface area (Å²) in [5.41, 5.74) is -1.27. The molecule has 0 rings (SSSR count). The van der Waals surface area contributed by atoms with Gasteiger partial charge in [0, 0.05) is 0 Å². The number of hydrogen-bond acceptors (Lipinski definition) is 2. The average Bonchev–Trinajstić information content (AvgIpc) is 2.27. The van der Waals surface area contributed by atoms with E-state index >= 15 is 0 Å². The van der Waals surface area contributed by atoms with Crippen molar-refractivity contribution in [2.45, 2.75) is 51.6 Å². The van der Waals surface area contributed by atoms with Crippen LogP contribution in [0.3, 0.4) is 0 Å². The highest BCUT2D eigenvalue weighted by molar-refractivity contribution is 5.86. The van der Waals surface area contributed by atoms with E-state index in [1.54, 1.807) is 6.92 Å². The number of aliphatic carboxylic acids is 1. The highest BCUT2D eigenvalue weighted by atomic mass is 16.4. The molecular formula is C12H20N2O3. The van der Waals surface area contributed by atoms with Crippen molar-refractivity contribution in [3.05, 3.63) is 0 Å². The van der Waals surface area contributed by atoms with E-state index in [-0.39, 0.29) is 6.04 Å². The molecule has 0 aliphatic rings. The van der Waals surface area contributed by atoms with Gasteiger partial charge in [0.05, 0.1) is 6.04 Å². The molecule has 0 aliphatic carbocycles. The Balaban J connectivity index is 4.44. The molecule has 5 heteroatoms. The number of amides is 2. The summed E-state index contributed by atoms with van der Waals surface area (Å²) in [5.74, 6) is 1.38. The zero-order chi connectivity index (χ0) is 13.5. The largest absolute Gasteiger partial charge is 0.480 e. The number of urea groups is 1. The number of rotatable bonds is 6. The number of terminal acetylenes is 1. The molecule has 0 heterocycles.